The number of nitrogens with one attached hydrogen (secondary N) is 1. The van der Waals surface area contributed by atoms with Crippen molar-refractivity contribution >= 4 is 11.8 Å². The van der Waals surface area contributed by atoms with Crippen molar-refractivity contribution in [2.45, 2.75) is 26.8 Å². The molecule has 0 aromatic heterocycles. The van der Waals surface area contributed by atoms with Crippen molar-refractivity contribution in [1.29, 1.82) is 0 Å². The molecule has 5 nitrogen and oxygen atoms in total. The number of carbonyl (C=O) groups is 2. The third kappa shape index (κ3) is 4.78. The molecule has 0 saturated heterocycles. The van der Waals surface area contributed by atoms with E-state index in [1.54, 1.807) is 7.05 Å². The summed E-state index contributed by atoms with van der Waals surface area (Å²) in [7, 11) is 1.61. The smallest absolute Gasteiger partial charge is 0.245 e. The molecule has 88 valence electrons. The fraction of sp³-hybridized carbons (Fsp3) is 0.800. The van der Waals surface area contributed by atoms with Crippen LogP contribution in [0.3, 0.4) is 0 Å². The van der Waals surface area contributed by atoms with Crippen LogP contribution in [-0.4, -0.2) is 48.1 Å². The molecule has 0 aromatic carbocycles. The molecule has 15 heavy (non-hydrogen) atoms. The molecule has 2 amide bonds. The predicted octanol–water partition coefficient (Wildman–Crippen LogP) is -0.402. The van der Waals surface area contributed by atoms with Crippen LogP contribution in [0.15, 0.2) is 0 Å². The Morgan fingerprint density at radius 3 is 2.27 bits per heavy atom. The van der Waals surface area contributed by atoms with Gasteiger partial charge in [-0.05, 0) is 5.92 Å². The van der Waals surface area contributed by atoms with Gasteiger partial charge in [0.15, 0.2) is 0 Å². The summed E-state index contributed by atoms with van der Waals surface area (Å²) in [6.07, 6.45) is 0. The molecule has 0 aliphatic heterocycles. The van der Waals surface area contributed by atoms with Gasteiger partial charge in [-0.15, -0.1) is 0 Å². The summed E-state index contributed by atoms with van der Waals surface area (Å²) in [6, 6.07) is -0.515. The number of aliphatic hydroxyl groups excluding tert-OH is 1. The molecule has 0 saturated carbocycles. The number of carbonyl (C=O) groups excluding carboxylic acids is 2. The van der Waals surface area contributed by atoms with Crippen molar-refractivity contribution in [3.8, 4) is 0 Å². The molecule has 0 aliphatic rings. The standard InChI is InChI=1S/C10H20N2O3/c1-7(2)9(11-8(3)14)10(15)12(4)5-6-13/h7,9,13H,5-6H2,1-4H3,(H,11,14). The molecule has 1 unspecified atom stereocenters. The van der Waals surface area contributed by atoms with Crippen LogP contribution < -0.4 is 5.32 Å². The van der Waals surface area contributed by atoms with Crippen LogP contribution in [0.4, 0.5) is 0 Å². The lowest BCUT2D eigenvalue weighted by atomic mass is 10.0. The lowest BCUT2D eigenvalue weighted by Crippen LogP contribution is -2.50. The van der Waals surface area contributed by atoms with Crippen LogP contribution in [0, 0.1) is 5.92 Å². The molecule has 0 fully saturated rings. The van der Waals surface area contributed by atoms with Crippen LogP contribution in [-0.2, 0) is 9.59 Å². The maximum Gasteiger partial charge on any atom is 0.245 e. The Kier molecular flexibility index (Phi) is 5.93. The summed E-state index contributed by atoms with van der Waals surface area (Å²) >= 11 is 0. The SMILES string of the molecule is CC(=O)NC(C(=O)N(C)CCO)C(C)C. The maximum atomic E-state index is 11.8. The highest BCUT2D eigenvalue weighted by Gasteiger charge is 2.25. The first-order valence-electron chi connectivity index (χ1n) is 5.03. The zero-order chi connectivity index (χ0) is 12.0. The topological polar surface area (TPSA) is 69.6 Å². The van der Waals surface area contributed by atoms with Gasteiger partial charge in [0.05, 0.1) is 6.61 Å². The van der Waals surface area contributed by atoms with E-state index in [-0.39, 0.29) is 30.9 Å². The van der Waals surface area contributed by atoms with Crippen molar-refractivity contribution in [3.63, 3.8) is 0 Å². The summed E-state index contributed by atoms with van der Waals surface area (Å²) in [6.45, 7) is 5.32. The van der Waals surface area contributed by atoms with E-state index in [9.17, 15) is 9.59 Å². The quantitative estimate of drug-likeness (QED) is 0.657. The Labute approximate surface area is 90.5 Å². The Morgan fingerprint density at radius 1 is 1.40 bits per heavy atom. The van der Waals surface area contributed by atoms with Crippen molar-refractivity contribution in [2.24, 2.45) is 5.92 Å². The van der Waals surface area contributed by atoms with Crippen molar-refractivity contribution in [2.75, 3.05) is 20.2 Å². The number of hydrogen-bond acceptors (Lipinski definition) is 3. The third-order valence-electron chi connectivity index (χ3n) is 2.10. The van der Waals surface area contributed by atoms with E-state index < -0.39 is 6.04 Å². The monoisotopic (exact) mass is 216 g/mol. The van der Waals surface area contributed by atoms with Gasteiger partial charge in [0.2, 0.25) is 11.8 Å². The first-order chi connectivity index (χ1) is 6.90. The number of aliphatic hydroxyl groups is 1. The van der Waals surface area contributed by atoms with Crippen molar-refractivity contribution in [3.05, 3.63) is 0 Å². The van der Waals surface area contributed by atoms with Crippen LogP contribution in [0.5, 0.6) is 0 Å². The minimum absolute atomic E-state index is 0.0301. The highest BCUT2D eigenvalue weighted by atomic mass is 16.3. The zero-order valence-electron chi connectivity index (χ0n) is 9.78. The highest BCUT2D eigenvalue weighted by Crippen LogP contribution is 2.05. The molecule has 0 aromatic rings. The summed E-state index contributed by atoms with van der Waals surface area (Å²) in [5.41, 5.74) is 0. The Morgan fingerprint density at radius 2 is 1.93 bits per heavy atom. The molecule has 5 heteroatoms. The average molecular weight is 216 g/mol. The van der Waals surface area contributed by atoms with Gasteiger partial charge in [-0.2, -0.15) is 0 Å². The molecule has 0 rings (SSSR count). The first kappa shape index (κ1) is 13.9. The molecular weight excluding hydrogens is 196 g/mol. The fourth-order valence-electron chi connectivity index (χ4n) is 1.23. The minimum atomic E-state index is -0.515. The summed E-state index contributed by atoms with van der Waals surface area (Å²) in [4.78, 5) is 24.1. The zero-order valence-corrected chi connectivity index (χ0v) is 9.78. The molecular formula is C10H20N2O3. The predicted molar refractivity (Wildman–Crippen MR) is 57.2 cm³/mol. The lowest BCUT2D eigenvalue weighted by molar-refractivity contribution is -0.136. The highest BCUT2D eigenvalue weighted by molar-refractivity contribution is 5.86. The fourth-order valence-corrected chi connectivity index (χ4v) is 1.23. The number of nitrogens with zero attached hydrogens (tertiary/aromatic N) is 1. The van der Waals surface area contributed by atoms with E-state index in [2.05, 4.69) is 5.32 Å². The molecule has 0 aliphatic carbocycles. The largest absolute Gasteiger partial charge is 0.395 e. The lowest BCUT2D eigenvalue weighted by Gasteiger charge is -2.26. The number of rotatable bonds is 5. The van der Waals surface area contributed by atoms with Gasteiger partial charge in [-0.3, -0.25) is 9.59 Å². The second-order valence-corrected chi connectivity index (χ2v) is 3.91. The van der Waals surface area contributed by atoms with Gasteiger partial charge < -0.3 is 15.3 Å². The summed E-state index contributed by atoms with van der Waals surface area (Å²) < 4.78 is 0. The van der Waals surface area contributed by atoms with Crippen molar-refractivity contribution in [1.82, 2.24) is 10.2 Å². The van der Waals surface area contributed by atoms with E-state index in [4.69, 9.17) is 5.11 Å². The maximum absolute atomic E-state index is 11.8. The van der Waals surface area contributed by atoms with E-state index in [1.807, 2.05) is 13.8 Å². The van der Waals surface area contributed by atoms with E-state index >= 15 is 0 Å². The van der Waals surface area contributed by atoms with E-state index in [0.717, 1.165) is 0 Å². The van der Waals surface area contributed by atoms with Crippen molar-refractivity contribution < 1.29 is 14.7 Å². The molecule has 0 radical (unpaired) electrons. The molecule has 0 spiro atoms. The van der Waals surface area contributed by atoms with Gasteiger partial charge >= 0.3 is 0 Å². The van der Waals surface area contributed by atoms with Crippen LogP contribution in [0.25, 0.3) is 0 Å². The summed E-state index contributed by atoms with van der Waals surface area (Å²) in [5.74, 6) is -0.365. The van der Waals surface area contributed by atoms with Gasteiger partial charge in [-0.1, -0.05) is 13.8 Å². The van der Waals surface area contributed by atoms with E-state index in [0.29, 0.717) is 0 Å². The normalized spacial score (nSPS) is 12.4. The van der Waals surface area contributed by atoms with Crippen LogP contribution >= 0.6 is 0 Å². The number of amides is 2. The molecule has 2 N–H and O–H groups in total. The average Bonchev–Trinajstić information content (AvgIpc) is 2.12. The minimum Gasteiger partial charge on any atom is -0.395 e. The molecule has 0 bridgehead atoms. The van der Waals surface area contributed by atoms with Gasteiger partial charge in [0.25, 0.3) is 0 Å². The van der Waals surface area contributed by atoms with Crippen LogP contribution in [0.2, 0.25) is 0 Å². The Bertz CT molecular complexity index is 229. The second kappa shape index (κ2) is 6.40. The Balaban J connectivity index is 4.47. The van der Waals surface area contributed by atoms with Gasteiger partial charge in [0.1, 0.15) is 6.04 Å². The van der Waals surface area contributed by atoms with E-state index in [1.165, 1.54) is 11.8 Å². The van der Waals surface area contributed by atoms with Gasteiger partial charge in [-0.25, -0.2) is 0 Å². The first-order valence-corrected chi connectivity index (χ1v) is 5.03. The van der Waals surface area contributed by atoms with Crippen LogP contribution in [0.1, 0.15) is 20.8 Å². The molecule has 0 heterocycles. The molecule has 1 atom stereocenters. The Hall–Kier alpha value is -1.10. The second-order valence-electron chi connectivity index (χ2n) is 3.91. The summed E-state index contributed by atoms with van der Waals surface area (Å²) in [5, 5.41) is 11.3. The van der Waals surface area contributed by atoms with Gasteiger partial charge in [0, 0.05) is 20.5 Å². The number of hydrogen-bond donors (Lipinski definition) is 2. The third-order valence-corrected chi connectivity index (χ3v) is 2.10. The number of likely N-dealkylation sites (N-methyl/N-ethyl adjacent to an activating group) is 1.